The zero-order valence-electron chi connectivity index (χ0n) is 14.6. The smallest absolute Gasteiger partial charge is 0.410 e. The average Bonchev–Trinajstić information content (AvgIpc) is 2.80. The lowest BCUT2D eigenvalue weighted by Gasteiger charge is -2.33. The number of ether oxygens (including phenoxy) is 1. The lowest BCUT2D eigenvalue weighted by atomic mass is 10.1. The number of pyridine rings is 1. The number of likely N-dealkylation sites (tertiary alicyclic amines) is 1. The zero-order chi connectivity index (χ0) is 17.5. The first-order valence-electron chi connectivity index (χ1n) is 8.29. The molecule has 2 aromatic rings. The van der Waals surface area contributed by atoms with Crippen molar-refractivity contribution in [3.63, 3.8) is 0 Å². The van der Waals surface area contributed by atoms with Crippen LogP contribution >= 0.6 is 0 Å². The number of H-pyrrole nitrogens is 1. The highest BCUT2D eigenvalue weighted by Crippen LogP contribution is 2.25. The Labute approximate surface area is 140 Å². The molecule has 0 atom stereocenters. The number of nitrogens with zero attached hydrogens (tertiary/aromatic N) is 3. The van der Waals surface area contributed by atoms with E-state index in [1.54, 1.807) is 15.7 Å². The SMILES string of the molecule is Cc1cnc2c(c1)[nH]c(=O)n2C1CCN(C(=O)OC(C)(C)C)CC1. The molecule has 0 radical (unpaired) electrons. The summed E-state index contributed by atoms with van der Waals surface area (Å²) < 4.78 is 7.13. The van der Waals surface area contributed by atoms with Crippen molar-refractivity contribution in [1.29, 1.82) is 0 Å². The summed E-state index contributed by atoms with van der Waals surface area (Å²) in [6, 6.07) is 1.97. The maximum Gasteiger partial charge on any atom is 0.410 e. The minimum atomic E-state index is -0.497. The standard InChI is InChI=1S/C17H24N4O3/c1-11-9-13-14(18-10-11)21(15(22)19-13)12-5-7-20(8-6-12)16(23)24-17(2,3)4/h9-10,12H,5-8H2,1-4H3,(H,19,22). The minimum Gasteiger partial charge on any atom is -0.444 e. The number of carbonyl (C=O) groups is 1. The highest BCUT2D eigenvalue weighted by Gasteiger charge is 2.29. The van der Waals surface area contributed by atoms with Crippen molar-refractivity contribution in [3.8, 4) is 0 Å². The van der Waals surface area contributed by atoms with Crippen LogP contribution in [0.25, 0.3) is 11.2 Å². The van der Waals surface area contributed by atoms with Gasteiger partial charge in [-0.05, 0) is 52.2 Å². The van der Waals surface area contributed by atoms with Crippen LogP contribution in [0.5, 0.6) is 0 Å². The first-order valence-corrected chi connectivity index (χ1v) is 8.29. The molecule has 2 aromatic heterocycles. The second kappa shape index (κ2) is 5.96. The summed E-state index contributed by atoms with van der Waals surface area (Å²) in [5.41, 5.74) is 1.81. The van der Waals surface area contributed by atoms with Gasteiger partial charge in [-0.2, -0.15) is 0 Å². The predicted molar refractivity (Wildman–Crippen MR) is 91.2 cm³/mol. The summed E-state index contributed by atoms with van der Waals surface area (Å²) in [7, 11) is 0. The summed E-state index contributed by atoms with van der Waals surface area (Å²) in [6.07, 6.45) is 2.90. The van der Waals surface area contributed by atoms with Crippen molar-refractivity contribution in [2.24, 2.45) is 0 Å². The van der Waals surface area contributed by atoms with Crippen molar-refractivity contribution >= 4 is 17.3 Å². The van der Waals surface area contributed by atoms with Crippen LogP contribution in [0.15, 0.2) is 17.1 Å². The van der Waals surface area contributed by atoms with Gasteiger partial charge < -0.3 is 14.6 Å². The Morgan fingerprint density at radius 2 is 2.00 bits per heavy atom. The molecule has 7 heteroatoms. The number of carbonyl (C=O) groups excluding carboxylic acids is 1. The van der Waals surface area contributed by atoms with Gasteiger partial charge in [0, 0.05) is 25.3 Å². The molecule has 0 aliphatic carbocycles. The molecule has 1 fully saturated rings. The molecule has 0 bridgehead atoms. The van der Waals surface area contributed by atoms with Crippen LogP contribution in [0, 0.1) is 6.92 Å². The highest BCUT2D eigenvalue weighted by atomic mass is 16.6. The van der Waals surface area contributed by atoms with Crippen molar-refractivity contribution in [2.45, 2.75) is 52.2 Å². The van der Waals surface area contributed by atoms with Gasteiger partial charge in [-0.15, -0.1) is 0 Å². The molecular weight excluding hydrogens is 308 g/mol. The topological polar surface area (TPSA) is 80.2 Å². The molecule has 7 nitrogen and oxygen atoms in total. The maximum absolute atomic E-state index is 12.3. The Bertz CT molecular complexity index is 807. The molecule has 24 heavy (non-hydrogen) atoms. The van der Waals surface area contributed by atoms with E-state index in [-0.39, 0.29) is 17.8 Å². The van der Waals surface area contributed by atoms with E-state index in [1.807, 2.05) is 33.8 Å². The van der Waals surface area contributed by atoms with Gasteiger partial charge >= 0.3 is 11.8 Å². The quantitative estimate of drug-likeness (QED) is 0.870. The maximum atomic E-state index is 12.3. The molecular formula is C17H24N4O3. The van der Waals surface area contributed by atoms with E-state index >= 15 is 0 Å². The number of hydrogen-bond acceptors (Lipinski definition) is 4. The average molecular weight is 332 g/mol. The first-order chi connectivity index (χ1) is 11.2. The van der Waals surface area contributed by atoms with E-state index in [4.69, 9.17) is 4.74 Å². The lowest BCUT2D eigenvalue weighted by molar-refractivity contribution is 0.0189. The van der Waals surface area contributed by atoms with Gasteiger partial charge in [-0.25, -0.2) is 14.6 Å². The predicted octanol–water partition coefficient (Wildman–Crippen LogP) is 2.61. The number of rotatable bonds is 1. The van der Waals surface area contributed by atoms with Crippen LogP contribution in [0.2, 0.25) is 0 Å². The Morgan fingerprint density at radius 1 is 1.33 bits per heavy atom. The van der Waals surface area contributed by atoms with Gasteiger partial charge in [0.15, 0.2) is 5.65 Å². The van der Waals surface area contributed by atoms with E-state index in [0.717, 1.165) is 11.1 Å². The van der Waals surface area contributed by atoms with E-state index in [1.165, 1.54) is 0 Å². The summed E-state index contributed by atoms with van der Waals surface area (Å²) in [6.45, 7) is 8.67. The lowest BCUT2D eigenvalue weighted by Crippen LogP contribution is -2.43. The normalized spacial score (nSPS) is 16.6. The molecule has 1 N–H and O–H groups in total. The summed E-state index contributed by atoms with van der Waals surface area (Å²) in [5.74, 6) is 0. The largest absolute Gasteiger partial charge is 0.444 e. The van der Waals surface area contributed by atoms with Gasteiger partial charge in [-0.3, -0.25) is 4.57 Å². The number of imidazole rings is 1. The first kappa shape index (κ1) is 16.5. The molecule has 130 valence electrons. The van der Waals surface area contributed by atoms with Crippen LogP contribution in [0.3, 0.4) is 0 Å². The van der Waals surface area contributed by atoms with Crippen LogP contribution in [-0.2, 0) is 4.74 Å². The Balaban J connectivity index is 1.75. The third kappa shape index (κ3) is 3.29. The Kier molecular flexibility index (Phi) is 4.11. The van der Waals surface area contributed by atoms with Gasteiger partial charge in [0.25, 0.3) is 0 Å². The van der Waals surface area contributed by atoms with Gasteiger partial charge in [0.1, 0.15) is 5.60 Å². The van der Waals surface area contributed by atoms with Crippen LogP contribution in [0.1, 0.15) is 45.2 Å². The number of amides is 1. The van der Waals surface area contributed by atoms with Crippen molar-refractivity contribution in [3.05, 3.63) is 28.3 Å². The van der Waals surface area contributed by atoms with Gasteiger partial charge in [-0.1, -0.05) is 0 Å². The third-order valence-electron chi connectivity index (χ3n) is 4.17. The number of aromatic amines is 1. The van der Waals surface area contributed by atoms with Crippen LogP contribution < -0.4 is 5.69 Å². The second-order valence-corrected chi connectivity index (χ2v) is 7.38. The fourth-order valence-corrected chi connectivity index (χ4v) is 3.09. The van der Waals surface area contributed by atoms with Crippen molar-refractivity contribution in [1.82, 2.24) is 19.4 Å². The summed E-state index contributed by atoms with van der Waals surface area (Å²) >= 11 is 0. The summed E-state index contributed by atoms with van der Waals surface area (Å²) in [4.78, 5) is 33.4. The van der Waals surface area contributed by atoms with Crippen molar-refractivity contribution in [2.75, 3.05) is 13.1 Å². The molecule has 3 rings (SSSR count). The molecule has 1 aliphatic rings. The number of hydrogen-bond donors (Lipinski definition) is 1. The Morgan fingerprint density at radius 3 is 2.62 bits per heavy atom. The minimum absolute atomic E-state index is 0.0418. The number of piperidine rings is 1. The van der Waals surface area contributed by atoms with E-state index in [9.17, 15) is 9.59 Å². The monoisotopic (exact) mass is 332 g/mol. The molecule has 0 unspecified atom stereocenters. The van der Waals surface area contributed by atoms with E-state index in [0.29, 0.717) is 31.6 Å². The number of nitrogens with one attached hydrogen (secondary N) is 1. The number of aromatic nitrogens is 3. The second-order valence-electron chi connectivity index (χ2n) is 7.38. The fourth-order valence-electron chi connectivity index (χ4n) is 3.09. The molecule has 1 aliphatic heterocycles. The molecule has 0 saturated carbocycles. The molecule has 1 saturated heterocycles. The fraction of sp³-hybridized carbons (Fsp3) is 0.588. The molecule has 1 amide bonds. The highest BCUT2D eigenvalue weighted by molar-refractivity contribution is 5.71. The summed E-state index contributed by atoms with van der Waals surface area (Å²) in [5, 5.41) is 0. The van der Waals surface area contributed by atoms with Crippen molar-refractivity contribution < 1.29 is 9.53 Å². The third-order valence-corrected chi connectivity index (χ3v) is 4.17. The molecule has 3 heterocycles. The zero-order valence-corrected chi connectivity index (χ0v) is 14.6. The number of aryl methyl sites for hydroxylation is 1. The number of fused-ring (bicyclic) bond motifs is 1. The van der Waals surface area contributed by atoms with Crippen LogP contribution in [-0.4, -0.2) is 44.2 Å². The Hall–Kier alpha value is -2.31. The molecule has 0 spiro atoms. The van der Waals surface area contributed by atoms with Gasteiger partial charge in [0.2, 0.25) is 0 Å². The molecule has 0 aromatic carbocycles. The van der Waals surface area contributed by atoms with E-state index in [2.05, 4.69) is 9.97 Å². The van der Waals surface area contributed by atoms with Gasteiger partial charge in [0.05, 0.1) is 5.52 Å². The van der Waals surface area contributed by atoms with E-state index < -0.39 is 5.60 Å². The van der Waals surface area contributed by atoms with Crippen LogP contribution in [0.4, 0.5) is 4.79 Å².